The monoisotopic (exact) mass is 370 g/mol. The fourth-order valence-corrected chi connectivity index (χ4v) is 4.76. The zero-order chi connectivity index (χ0) is 19.6. The Hall–Kier alpha value is -2.67. The third-order valence-electron chi connectivity index (χ3n) is 6.27. The van der Waals surface area contributed by atoms with Gasteiger partial charge in [0.1, 0.15) is 0 Å². The Kier molecular flexibility index (Phi) is 5.17. The Labute approximate surface area is 167 Å². The first-order valence-corrected chi connectivity index (χ1v) is 9.87. The molecule has 0 bridgehead atoms. The number of piperidine rings is 1. The van der Waals surface area contributed by atoms with Crippen LogP contribution in [-0.4, -0.2) is 32.1 Å². The van der Waals surface area contributed by atoms with Crippen LogP contribution in [0, 0.1) is 11.3 Å². The van der Waals surface area contributed by atoms with Gasteiger partial charge in [-0.3, -0.25) is 0 Å². The number of hydrogen-bond donors (Lipinski definition) is 0. The Morgan fingerprint density at radius 2 is 1.68 bits per heavy atom. The van der Waals surface area contributed by atoms with Crippen LogP contribution in [0.25, 0.3) is 10.8 Å². The van der Waals surface area contributed by atoms with Crippen molar-refractivity contribution in [2.24, 2.45) is 0 Å². The number of hydrogen-bond acceptors (Lipinski definition) is 3. The molecule has 4 rings (SSSR count). The van der Waals surface area contributed by atoms with E-state index in [2.05, 4.69) is 66.5 Å². The van der Waals surface area contributed by atoms with E-state index in [1.54, 1.807) is 0 Å². The van der Waals surface area contributed by atoms with Crippen molar-refractivity contribution in [3.05, 3.63) is 83.4 Å². The van der Waals surface area contributed by atoms with Crippen molar-refractivity contribution in [2.45, 2.75) is 24.4 Å². The first-order valence-electron chi connectivity index (χ1n) is 9.87. The molecule has 3 nitrogen and oxygen atoms in total. The van der Waals surface area contributed by atoms with Crippen LogP contribution in [-0.2, 0) is 10.2 Å². The molecule has 0 aliphatic carbocycles. The summed E-state index contributed by atoms with van der Waals surface area (Å²) in [5, 5.41) is 11.9. The molecule has 3 aromatic rings. The minimum atomic E-state index is -0.112. The van der Waals surface area contributed by atoms with Crippen molar-refractivity contribution >= 4 is 10.8 Å². The van der Waals surface area contributed by atoms with E-state index in [9.17, 15) is 5.26 Å². The van der Waals surface area contributed by atoms with Gasteiger partial charge in [-0.1, -0.05) is 54.6 Å². The number of benzene rings is 3. The van der Waals surface area contributed by atoms with E-state index < -0.39 is 0 Å². The fourth-order valence-electron chi connectivity index (χ4n) is 4.76. The average Bonchev–Trinajstić information content (AvgIpc) is 2.76. The van der Waals surface area contributed by atoms with E-state index in [1.807, 2.05) is 25.3 Å². The van der Waals surface area contributed by atoms with Crippen LogP contribution in [0.5, 0.6) is 0 Å². The predicted molar refractivity (Wildman–Crippen MR) is 113 cm³/mol. The second-order valence-electron chi connectivity index (χ2n) is 7.84. The summed E-state index contributed by atoms with van der Waals surface area (Å²) in [6.45, 7) is 2.06. The Morgan fingerprint density at radius 3 is 2.36 bits per heavy atom. The molecule has 1 unspecified atom stereocenters. The molecule has 1 fully saturated rings. The van der Waals surface area contributed by atoms with Gasteiger partial charge in [0.25, 0.3) is 0 Å². The van der Waals surface area contributed by atoms with Crippen molar-refractivity contribution in [3.63, 3.8) is 0 Å². The highest BCUT2D eigenvalue weighted by Gasteiger charge is 2.44. The van der Waals surface area contributed by atoms with E-state index in [0.29, 0.717) is 5.56 Å². The van der Waals surface area contributed by atoms with Gasteiger partial charge < -0.3 is 9.64 Å². The lowest BCUT2D eigenvalue weighted by molar-refractivity contribution is -0.000144. The lowest BCUT2D eigenvalue weighted by Crippen LogP contribution is -2.45. The number of nitriles is 1. The molecule has 0 amide bonds. The first kappa shape index (κ1) is 18.7. The molecule has 0 N–H and O–H groups in total. The van der Waals surface area contributed by atoms with Gasteiger partial charge >= 0.3 is 0 Å². The molecule has 1 heterocycles. The summed E-state index contributed by atoms with van der Waals surface area (Å²) < 4.78 is 6.25. The van der Waals surface area contributed by atoms with Crippen molar-refractivity contribution in [2.75, 3.05) is 27.2 Å². The summed E-state index contributed by atoms with van der Waals surface area (Å²) in [5.74, 6) is 0. The van der Waals surface area contributed by atoms with E-state index in [4.69, 9.17) is 4.74 Å². The summed E-state index contributed by atoms with van der Waals surface area (Å²) in [4.78, 5) is 2.39. The Balaban J connectivity index is 1.93. The van der Waals surface area contributed by atoms with Gasteiger partial charge in [0.05, 0.1) is 17.7 Å². The normalized spacial score (nSPS) is 17.9. The van der Waals surface area contributed by atoms with Gasteiger partial charge in [0.15, 0.2) is 0 Å². The summed E-state index contributed by atoms with van der Waals surface area (Å²) in [5.41, 5.74) is 3.01. The maximum atomic E-state index is 9.60. The van der Waals surface area contributed by atoms with Crippen LogP contribution < -0.4 is 0 Å². The molecule has 3 heteroatoms. The SMILES string of the molecule is COC(c1cc(C#N)cc2ccccc12)C1(c2ccccc2)CCN(C)CC1. The molecule has 0 saturated carbocycles. The van der Waals surface area contributed by atoms with Crippen molar-refractivity contribution < 1.29 is 4.74 Å². The Morgan fingerprint density at radius 1 is 1.00 bits per heavy atom. The Bertz CT molecular complexity index is 998. The van der Waals surface area contributed by atoms with Crippen LogP contribution in [0.15, 0.2) is 66.7 Å². The third-order valence-corrected chi connectivity index (χ3v) is 6.27. The van der Waals surface area contributed by atoms with Gasteiger partial charge in [-0.15, -0.1) is 0 Å². The molecule has 28 heavy (non-hydrogen) atoms. The topological polar surface area (TPSA) is 36.3 Å². The summed E-state index contributed by atoms with van der Waals surface area (Å²) >= 11 is 0. The van der Waals surface area contributed by atoms with Gasteiger partial charge in [0.2, 0.25) is 0 Å². The lowest BCUT2D eigenvalue weighted by Gasteiger charge is -2.46. The fraction of sp³-hybridized carbons (Fsp3) is 0.320. The zero-order valence-corrected chi connectivity index (χ0v) is 16.6. The van der Waals surface area contributed by atoms with E-state index in [0.717, 1.165) is 36.9 Å². The largest absolute Gasteiger partial charge is 0.376 e. The maximum Gasteiger partial charge on any atom is 0.0991 e. The third kappa shape index (κ3) is 3.20. The molecule has 1 saturated heterocycles. The molecule has 1 aliphatic heterocycles. The average molecular weight is 370 g/mol. The van der Waals surface area contributed by atoms with Crippen LogP contribution >= 0.6 is 0 Å². The van der Waals surface area contributed by atoms with Gasteiger partial charge in [-0.25, -0.2) is 0 Å². The highest BCUT2D eigenvalue weighted by atomic mass is 16.5. The van der Waals surface area contributed by atoms with Gasteiger partial charge in [-0.05, 0) is 67.0 Å². The number of methoxy groups -OCH3 is 1. The van der Waals surface area contributed by atoms with Crippen LogP contribution in [0.4, 0.5) is 0 Å². The standard InChI is InChI=1S/C25H26N2O/c1-27-14-12-25(13-15-27,21-9-4-3-5-10-21)24(28-2)23-17-19(18-26)16-20-8-6-7-11-22(20)23/h3-11,16-17,24H,12-15H2,1-2H3. The summed E-state index contributed by atoms with van der Waals surface area (Å²) in [7, 11) is 3.99. The van der Waals surface area contributed by atoms with Crippen molar-refractivity contribution in [1.29, 1.82) is 5.26 Å². The molecule has 1 atom stereocenters. The lowest BCUT2D eigenvalue weighted by atomic mass is 9.66. The van der Waals surface area contributed by atoms with E-state index in [1.165, 1.54) is 10.9 Å². The number of rotatable bonds is 4. The predicted octanol–water partition coefficient (Wildman–Crippen LogP) is 5.06. The quantitative estimate of drug-likeness (QED) is 0.644. The second-order valence-corrected chi connectivity index (χ2v) is 7.84. The van der Waals surface area contributed by atoms with Gasteiger partial charge in [-0.2, -0.15) is 5.26 Å². The molecular weight excluding hydrogens is 344 g/mol. The second kappa shape index (κ2) is 7.75. The summed E-state index contributed by atoms with van der Waals surface area (Å²) in [6.07, 6.45) is 1.94. The molecule has 1 aliphatic rings. The molecular formula is C25H26N2O. The molecule has 0 spiro atoms. The molecule has 0 radical (unpaired) electrons. The number of fused-ring (bicyclic) bond motifs is 1. The number of likely N-dealkylation sites (tertiary alicyclic amines) is 1. The smallest absolute Gasteiger partial charge is 0.0991 e. The number of ether oxygens (including phenoxy) is 1. The van der Waals surface area contributed by atoms with Crippen molar-refractivity contribution in [1.82, 2.24) is 4.90 Å². The van der Waals surface area contributed by atoms with E-state index >= 15 is 0 Å². The zero-order valence-electron chi connectivity index (χ0n) is 16.6. The van der Waals surface area contributed by atoms with Gasteiger partial charge in [0, 0.05) is 12.5 Å². The highest BCUT2D eigenvalue weighted by molar-refractivity contribution is 5.87. The summed E-state index contributed by atoms with van der Waals surface area (Å²) in [6, 6.07) is 25.4. The first-order chi connectivity index (χ1) is 13.7. The highest BCUT2D eigenvalue weighted by Crippen LogP contribution is 2.48. The number of nitrogens with zero attached hydrogens (tertiary/aromatic N) is 2. The van der Waals surface area contributed by atoms with Crippen LogP contribution in [0.2, 0.25) is 0 Å². The molecule has 0 aromatic heterocycles. The maximum absolute atomic E-state index is 9.60. The molecule has 142 valence electrons. The minimum Gasteiger partial charge on any atom is -0.376 e. The van der Waals surface area contributed by atoms with Crippen molar-refractivity contribution in [3.8, 4) is 6.07 Å². The van der Waals surface area contributed by atoms with Crippen LogP contribution in [0.3, 0.4) is 0 Å². The molecule has 3 aromatic carbocycles. The van der Waals surface area contributed by atoms with E-state index in [-0.39, 0.29) is 11.5 Å². The minimum absolute atomic E-state index is 0.109. The van der Waals surface area contributed by atoms with Crippen LogP contribution in [0.1, 0.15) is 35.6 Å².